The van der Waals surface area contributed by atoms with E-state index in [0.29, 0.717) is 18.2 Å². The number of nitrogens with one attached hydrogen (secondary N) is 2. The van der Waals surface area contributed by atoms with Gasteiger partial charge in [-0.1, -0.05) is 0 Å². The van der Waals surface area contributed by atoms with Crippen molar-refractivity contribution < 1.29 is 14.7 Å². The average molecular weight is 309 g/mol. The van der Waals surface area contributed by atoms with Crippen LogP contribution in [-0.4, -0.2) is 38.2 Å². The molecule has 0 fully saturated rings. The van der Waals surface area contributed by atoms with Gasteiger partial charge in [0.05, 0.1) is 12.0 Å². The van der Waals surface area contributed by atoms with E-state index in [4.69, 9.17) is 5.11 Å². The van der Waals surface area contributed by atoms with Gasteiger partial charge in [0.25, 0.3) is 0 Å². The van der Waals surface area contributed by atoms with E-state index in [0.717, 1.165) is 10.6 Å². The summed E-state index contributed by atoms with van der Waals surface area (Å²) < 4.78 is 1.60. The molecule has 2 rings (SSSR count). The number of carbonyl (C=O) groups is 2. The summed E-state index contributed by atoms with van der Waals surface area (Å²) in [5.74, 6) is -1.08. The van der Waals surface area contributed by atoms with Gasteiger partial charge in [0, 0.05) is 24.2 Å². The molecule has 0 unspecified atom stereocenters. The molecule has 0 atom stereocenters. The van der Waals surface area contributed by atoms with Crippen LogP contribution in [0.3, 0.4) is 0 Å². The summed E-state index contributed by atoms with van der Waals surface area (Å²) in [6, 6.07) is -0.345. The number of rotatable bonds is 5. The molecule has 112 valence electrons. The summed E-state index contributed by atoms with van der Waals surface area (Å²) in [5.41, 5.74) is 0.878. The van der Waals surface area contributed by atoms with Crippen molar-refractivity contribution in [3.63, 3.8) is 0 Å². The van der Waals surface area contributed by atoms with Crippen molar-refractivity contribution in [2.45, 2.75) is 20.4 Å². The smallest absolute Gasteiger partial charge is 0.356 e. The third kappa shape index (κ3) is 4.02. The number of imidazole rings is 1. The van der Waals surface area contributed by atoms with E-state index in [1.165, 1.54) is 23.9 Å². The number of nitrogens with zero attached hydrogens (tertiary/aromatic N) is 3. The Morgan fingerprint density at radius 1 is 1.43 bits per heavy atom. The summed E-state index contributed by atoms with van der Waals surface area (Å²) >= 11 is 1.42. The molecular formula is C12H15N5O3S. The minimum Gasteiger partial charge on any atom is -0.476 e. The molecule has 2 amide bonds. The topological polar surface area (TPSA) is 109 Å². The highest BCUT2D eigenvalue weighted by Gasteiger charge is 2.08. The van der Waals surface area contributed by atoms with Crippen LogP contribution in [-0.2, 0) is 6.54 Å². The summed E-state index contributed by atoms with van der Waals surface area (Å²) in [6.07, 6.45) is 2.83. The maximum absolute atomic E-state index is 11.7. The van der Waals surface area contributed by atoms with E-state index < -0.39 is 5.97 Å². The molecule has 0 bridgehead atoms. The highest BCUT2D eigenvalue weighted by Crippen LogP contribution is 2.20. The lowest BCUT2D eigenvalue weighted by molar-refractivity contribution is 0.0691. The van der Waals surface area contributed by atoms with Crippen LogP contribution in [0.2, 0.25) is 0 Å². The number of amides is 2. The van der Waals surface area contributed by atoms with Crippen LogP contribution in [0.1, 0.15) is 21.1 Å². The highest BCUT2D eigenvalue weighted by atomic mass is 32.1. The van der Waals surface area contributed by atoms with Crippen LogP contribution >= 0.6 is 11.3 Å². The summed E-state index contributed by atoms with van der Waals surface area (Å²) in [4.78, 5) is 31.3. The first-order chi connectivity index (χ1) is 9.95. The molecule has 0 aliphatic rings. The molecule has 0 aliphatic carbocycles. The number of anilines is 1. The van der Waals surface area contributed by atoms with Crippen LogP contribution in [0.4, 0.5) is 9.93 Å². The van der Waals surface area contributed by atoms with Gasteiger partial charge in [-0.05, 0) is 13.8 Å². The Balaban J connectivity index is 1.77. The number of carboxylic acids is 1. The van der Waals surface area contributed by atoms with E-state index in [2.05, 4.69) is 20.6 Å². The Morgan fingerprint density at radius 2 is 2.19 bits per heavy atom. The van der Waals surface area contributed by atoms with Crippen molar-refractivity contribution in [3.05, 3.63) is 28.8 Å². The number of carbonyl (C=O) groups excluding carboxylic acids is 1. The molecule has 21 heavy (non-hydrogen) atoms. The number of hydrogen-bond acceptors (Lipinski definition) is 5. The maximum atomic E-state index is 11.7. The zero-order valence-electron chi connectivity index (χ0n) is 11.6. The maximum Gasteiger partial charge on any atom is 0.356 e. The zero-order chi connectivity index (χ0) is 15.4. The number of thiazole rings is 1. The molecule has 8 nitrogen and oxygen atoms in total. The Kier molecular flexibility index (Phi) is 4.53. The molecular weight excluding hydrogens is 294 g/mol. The lowest BCUT2D eigenvalue weighted by Gasteiger charge is -2.05. The van der Waals surface area contributed by atoms with Crippen LogP contribution in [0, 0.1) is 13.8 Å². The molecule has 2 aromatic rings. The van der Waals surface area contributed by atoms with Gasteiger partial charge in [0.1, 0.15) is 0 Å². The molecule has 3 N–H and O–H groups in total. The van der Waals surface area contributed by atoms with E-state index in [1.54, 1.807) is 4.57 Å². The van der Waals surface area contributed by atoms with Gasteiger partial charge in [0.15, 0.2) is 10.8 Å². The van der Waals surface area contributed by atoms with Gasteiger partial charge < -0.3 is 15.0 Å². The molecule has 2 aromatic heterocycles. The number of carboxylic acid groups (broad SMARTS) is 1. The molecule has 0 saturated heterocycles. The number of hydrogen-bond donors (Lipinski definition) is 3. The lowest BCUT2D eigenvalue weighted by atomic mass is 10.4. The van der Waals surface area contributed by atoms with Crippen LogP contribution < -0.4 is 10.6 Å². The highest BCUT2D eigenvalue weighted by molar-refractivity contribution is 7.15. The van der Waals surface area contributed by atoms with Crippen LogP contribution in [0.15, 0.2) is 12.5 Å². The SMILES string of the molecule is Cc1nc(NC(=O)NCCn2cnc(C(=O)O)c2)sc1C. The minimum atomic E-state index is -1.08. The van der Waals surface area contributed by atoms with Gasteiger partial charge in [0.2, 0.25) is 0 Å². The van der Waals surface area contributed by atoms with Gasteiger partial charge in [-0.15, -0.1) is 11.3 Å². The quantitative estimate of drug-likeness (QED) is 0.775. The number of urea groups is 1. The fourth-order valence-electron chi connectivity index (χ4n) is 1.56. The van der Waals surface area contributed by atoms with Crippen molar-refractivity contribution in [1.29, 1.82) is 0 Å². The first-order valence-electron chi connectivity index (χ1n) is 6.19. The summed E-state index contributed by atoms with van der Waals surface area (Å²) in [7, 11) is 0. The normalized spacial score (nSPS) is 10.4. The van der Waals surface area contributed by atoms with Crippen LogP contribution in [0.25, 0.3) is 0 Å². The van der Waals surface area contributed by atoms with E-state index in [1.807, 2.05) is 13.8 Å². The summed E-state index contributed by atoms with van der Waals surface area (Å²) in [5, 5.41) is 14.6. The second-order valence-corrected chi connectivity index (χ2v) is 5.55. The molecule has 9 heteroatoms. The third-order valence-corrected chi connectivity index (χ3v) is 3.75. The monoisotopic (exact) mass is 309 g/mol. The molecule has 0 aromatic carbocycles. The minimum absolute atomic E-state index is 0.0202. The number of aryl methyl sites for hydroxylation is 2. The van der Waals surface area contributed by atoms with Crippen LogP contribution in [0.5, 0.6) is 0 Å². The van der Waals surface area contributed by atoms with Crippen molar-refractivity contribution in [1.82, 2.24) is 19.9 Å². The van der Waals surface area contributed by atoms with Crippen molar-refractivity contribution >= 4 is 28.5 Å². The first kappa shape index (κ1) is 15.0. The second-order valence-electron chi connectivity index (χ2n) is 4.34. The Bertz CT molecular complexity index is 644. The lowest BCUT2D eigenvalue weighted by Crippen LogP contribution is -2.31. The van der Waals surface area contributed by atoms with E-state index in [-0.39, 0.29) is 11.7 Å². The summed E-state index contributed by atoms with van der Waals surface area (Å²) in [6.45, 7) is 4.61. The fraction of sp³-hybridized carbons (Fsp3) is 0.333. The predicted octanol–water partition coefficient (Wildman–Crippen LogP) is 1.48. The number of aromatic nitrogens is 3. The Morgan fingerprint density at radius 3 is 2.76 bits per heavy atom. The van der Waals surface area contributed by atoms with E-state index >= 15 is 0 Å². The zero-order valence-corrected chi connectivity index (χ0v) is 12.4. The van der Waals surface area contributed by atoms with Gasteiger partial charge >= 0.3 is 12.0 Å². The molecule has 0 radical (unpaired) electrons. The van der Waals surface area contributed by atoms with Gasteiger partial charge in [-0.3, -0.25) is 5.32 Å². The first-order valence-corrected chi connectivity index (χ1v) is 7.01. The average Bonchev–Trinajstić information content (AvgIpc) is 2.98. The van der Waals surface area contributed by atoms with Crippen molar-refractivity contribution in [2.24, 2.45) is 0 Å². The standard InChI is InChI=1S/C12H15N5O3S/c1-7-8(2)21-12(15-7)16-11(20)13-3-4-17-5-9(10(18)19)14-6-17/h5-6H,3-4H2,1-2H3,(H,18,19)(H2,13,15,16,20). The fourth-order valence-corrected chi connectivity index (χ4v) is 2.37. The number of aromatic carboxylic acids is 1. The molecule has 2 heterocycles. The van der Waals surface area contributed by atoms with Gasteiger partial charge in [-0.2, -0.15) is 0 Å². The van der Waals surface area contributed by atoms with Gasteiger partial charge in [-0.25, -0.2) is 19.6 Å². The molecule has 0 saturated carbocycles. The van der Waals surface area contributed by atoms with E-state index in [9.17, 15) is 9.59 Å². The largest absolute Gasteiger partial charge is 0.476 e. The second kappa shape index (κ2) is 6.35. The third-order valence-electron chi connectivity index (χ3n) is 2.76. The van der Waals surface area contributed by atoms with Crippen molar-refractivity contribution in [3.8, 4) is 0 Å². The van der Waals surface area contributed by atoms with Crippen molar-refractivity contribution in [2.75, 3.05) is 11.9 Å². The Hall–Kier alpha value is -2.42. The molecule has 0 spiro atoms. The molecule has 0 aliphatic heterocycles. The Labute approximate surface area is 124 Å². The predicted molar refractivity (Wildman–Crippen MR) is 77.8 cm³/mol.